The monoisotopic (exact) mass is 177 g/mol. The van der Waals surface area contributed by atoms with E-state index >= 15 is 0 Å². The summed E-state index contributed by atoms with van der Waals surface area (Å²) in [6.07, 6.45) is 10.7. The highest BCUT2D eigenvalue weighted by atomic mass is 15.3. The second-order valence-corrected chi connectivity index (χ2v) is 3.13. The van der Waals surface area contributed by atoms with E-state index in [-0.39, 0.29) is 6.04 Å². The summed E-state index contributed by atoms with van der Waals surface area (Å²) in [5, 5.41) is 4.18. The lowest BCUT2D eigenvalue weighted by atomic mass is 10.2. The SMILES string of the molecule is C#CCCCn1cc(C(C)N)cn1. The summed E-state index contributed by atoms with van der Waals surface area (Å²) in [5.74, 6) is 2.60. The van der Waals surface area contributed by atoms with Crippen LogP contribution in [0, 0.1) is 12.3 Å². The van der Waals surface area contributed by atoms with E-state index in [4.69, 9.17) is 12.2 Å². The Bertz CT molecular complexity index is 293. The molecule has 1 aromatic rings. The first-order chi connectivity index (χ1) is 6.24. The summed E-state index contributed by atoms with van der Waals surface area (Å²) in [4.78, 5) is 0. The number of aromatic nitrogens is 2. The number of nitrogens with two attached hydrogens (primary N) is 1. The van der Waals surface area contributed by atoms with Crippen molar-refractivity contribution in [3.63, 3.8) is 0 Å². The van der Waals surface area contributed by atoms with E-state index in [1.807, 2.05) is 17.8 Å². The first-order valence-electron chi connectivity index (χ1n) is 4.45. The maximum absolute atomic E-state index is 5.70. The van der Waals surface area contributed by atoms with Gasteiger partial charge in [0.1, 0.15) is 0 Å². The average Bonchev–Trinajstić information content (AvgIpc) is 2.53. The molecular weight excluding hydrogens is 162 g/mol. The number of aryl methyl sites for hydroxylation is 1. The smallest absolute Gasteiger partial charge is 0.0537 e. The van der Waals surface area contributed by atoms with Crippen LogP contribution in [0.4, 0.5) is 0 Å². The Balaban J connectivity index is 2.45. The maximum atomic E-state index is 5.70. The van der Waals surface area contributed by atoms with Gasteiger partial charge in [0.05, 0.1) is 6.20 Å². The summed E-state index contributed by atoms with van der Waals surface area (Å²) in [7, 11) is 0. The van der Waals surface area contributed by atoms with Crippen LogP contribution < -0.4 is 5.73 Å². The lowest BCUT2D eigenvalue weighted by Gasteiger charge is -1.99. The van der Waals surface area contributed by atoms with Gasteiger partial charge in [0.25, 0.3) is 0 Å². The quantitative estimate of drug-likeness (QED) is 0.556. The maximum Gasteiger partial charge on any atom is 0.0537 e. The van der Waals surface area contributed by atoms with E-state index in [9.17, 15) is 0 Å². The zero-order chi connectivity index (χ0) is 9.68. The molecule has 0 aromatic carbocycles. The standard InChI is InChI=1S/C10H15N3/c1-3-4-5-6-13-8-10(7-12-13)9(2)11/h1,7-9H,4-6,11H2,2H3. The van der Waals surface area contributed by atoms with Crippen molar-refractivity contribution in [3.8, 4) is 12.3 Å². The predicted octanol–water partition coefficient (Wildman–Crippen LogP) is 1.32. The van der Waals surface area contributed by atoms with Gasteiger partial charge in [-0.15, -0.1) is 12.3 Å². The van der Waals surface area contributed by atoms with Crippen LogP contribution in [-0.2, 0) is 6.54 Å². The Labute approximate surface area is 78.9 Å². The van der Waals surface area contributed by atoms with Crippen molar-refractivity contribution in [3.05, 3.63) is 18.0 Å². The van der Waals surface area contributed by atoms with Crippen LogP contribution in [0.3, 0.4) is 0 Å². The first kappa shape index (κ1) is 9.82. The molecule has 1 atom stereocenters. The number of nitrogens with zero attached hydrogens (tertiary/aromatic N) is 2. The van der Waals surface area contributed by atoms with Crippen LogP contribution in [0.25, 0.3) is 0 Å². The zero-order valence-electron chi connectivity index (χ0n) is 7.90. The fraction of sp³-hybridized carbons (Fsp3) is 0.500. The van der Waals surface area contributed by atoms with Crippen LogP contribution in [0.2, 0.25) is 0 Å². The Hall–Kier alpha value is -1.27. The van der Waals surface area contributed by atoms with Gasteiger partial charge in [-0.1, -0.05) is 0 Å². The number of terminal acetylenes is 1. The molecule has 0 spiro atoms. The van der Waals surface area contributed by atoms with Gasteiger partial charge in [0, 0.05) is 30.8 Å². The van der Waals surface area contributed by atoms with Gasteiger partial charge in [-0.25, -0.2) is 0 Å². The van der Waals surface area contributed by atoms with Gasteiger partial charge < -0.3 is 5.73 Å². The van der Waals surface area contributed by atoms with Gasteiger partial charge in [-0.3, -0.25) is 4.68 Å². The molecule has 0 saturated heterocycles. The third-order valence-electron chi connectivity index (χ3n) is 1.89. The first-order valence-corrected chi connectivity index (χ1v) is 4.45. The van der Waals surface area contributed by atoms with Gasteiger partial charge in [-0.05, 0) is 13.3 Å². The van der Waals surface area contributed by atoms with E-state index in [0.29, 0.717) is 0 Å². The minimum absolute atomic E-state index is 0.0568. The summed E-state index contributed by atoms with van der Waals surface area (Å²) < 4.78 is 1.88. The molecule has 2 N–H and O–H groups in total. The van der Waals surface area contributed by atoms with Crippen LogP contribution in [-0.4, -0.2) is 9.78 Å². The fourth-order valence-corrected chi connectivity index (χ4v) is 1.08. The Kier molecular flexibility index (Phi) is 3.53. The van der Waals surface area contributed by atoms with Gasteiger partial charge in [0.15, 0.2) is 0 Å². The van der Waals surface area contributed by atoms with Crippen molar-refractivity contribution >= 4 is 0 Å². The molecule has 0 bridgehead atoms. The highest BCUT2D eigenvalue weighted by Gasteiger charge is 2.01. The third-order valence-corrected chi connectivity index (χ3v) is 1.89. The lowest BCUT2D eigenvalue weighted by Crippen LogP contribution is -2.03. The fourth-order valence-electron chi connectivity index (χ4n) is 1.08. The predicted molar refractivity (Wildman–Crippen MR) is 52.9 cm³/mol. The summed E-state index contributed by atoms with van der Waals surface area (Å²) in [5.41, 5.74) is 6.77. The molecular formula is C10H15N3. The molecule has 1 rings (SSSR count). The largest absolute Gasteiger partial charge is 0.324 e. The molecule has 0 radical (unpaired) electrons. The normalized spacial score (nSPS) is 12.4. The van der Waals surface area contributed by atoms with Crippen molar-refractivity contribution in [2.45, 2.75) is 32.4 Å². The van der Waals surface area contributed by atoms with Crippen LogP contribution in [0.15, 0.2) is 12.4 Å². The highest BCUT2D eigenvalue weighted by Crippen LogP contribution is 2.07. The number of hydrogen-bond acceptors (Lipinski definition) is 2. The summed E-state index contributed by atoms with van der Waals surface area (Å²) >= 11 is 0. The summed E-state index contributed by atoms with van der Waals surface area (Å²) in [6, 6.07) is 0.0568. The molecule has 1 aromatic heterocycles. The van der Waals surface area contributed by atoms with E-state index in [1.165, 1.54) is 0 Å². The van der Waals surface area contributed by atoms with Crippen LogP contribution in [0.1, 0.15) is 31.4 Å². The molecule has 13 heavy (non-hydrogen) atoms. The topological polar surface area (TPSA) is 43.8 Å². The third kappa shape index (κ3) is 2.92. The lowest BCUT2D eigenvalue weighted by molar-refractivity contribution is 0.586. The van der Waals surface area contributed by atoms with E-state index in [1.54, 1.807) is 6.20 Å². The summed E-state index contributed by atoms with van der Waals surface area (Å²) in [6.45, 7) is 2.82. The molecule has 3 nitrogen and oxygen atoms in total. The minimum Gasteiger partial charge on any atom is -0.324 e. The van der Waals surface area contributed by atoms with Crippen molar-refractivity contribution < 1.29 is 0 Å². The van der Waals surface area contributed by atoms with Crippen molar-refractivity contribution in [1.82, 2.24) is 9.78 Å². The average molecular weight is 177 g/mol. The molecule has 0 aliphatic heterocycles. The van der Waals surface area contributed by atoms with Gasteiger partial charge in [0.2, 0.25) is 0 Å². The molecule has 70 valence electrons. The molecule has 0 fully saturated rings. The molecule has 1 heterocycles. The van der Waals surface area contributed by atoms with Crippen molar-refractivity contribution in [2.24, 2.45) is 5.73 Å². The van der Waals surface area contributed by atoms with Crippen molar-refractivity contribution in [1.29, 1.82) is 0 Å². The van der Waals surface area contributed by atoms with Gasteiger partial charge >= 0.3 is 0 Å². The molecule has 0 aliphatic carbocycles. The number of hydrogen-bond donors (Lipinski definition) is 1. The number of rotatable bonds is 4. The second kappa shape index (κ2) is 4.68. The molecule has 1 unspecified atom stereocenters. The Morgan fingerprint density at radius 2 is 2.54 bits per heavy atom. The van der Waals surface area contributed by atoms with E-state index < -0.39 is 0 Å². The second-order valence-electron chi connectivity index (χ2n) is 3.13. The highest BCUT2D eigenvalue weighted by molar-refractivity contribution is 5.08. The van der Waals surface area contributed by atoms with Gasteiger partial charge in [-0.2, -0.15) is 5.10 Å². The minimum atomic E-state index is 0.0568. The van der Waals surface area contributed by atoms with Crippen LogP contribution >= 0.6 is 0 Å². The molecule has 0 amide bonds. The molecule has 0 saturated carbocycles. The molecule has 0 aliphatic rings. The zero-order valence-corrected chi connectivity index (χ0v) is 7.90. The van der Waals surface area contributed by atoms with E-state index in [2.05, 4.69) is 11.0 Å². The Morgan fingerprint density at radius 3 is 3.08 bits per heavy atom. The van der Waals surface area contributed by atoms with Crippen molar-refractivity contribution in [2.75, 3.05) is 0 Å². The molecule has 3 heteroatoms. The van der Waals surface area contributed by atoms with E-state index in [0.717, 1.165) is 24.9 Å². The van der Waals surface area contributed by atoms with Crippen LogP contribution in [0.5, 0.6) is 0 Å². The number of unbranched alkanes of at least 4 members (excludes halogenated alkanes) is 1. The Morgan fingerprint density at radius 1 is 1.77 bits per heavy atom.